The van der Waals surface area contributed by atoms with Crippen LogP contribution in [0.1, 0.15) is 23.4 Å². The van der Waals surface area contributed by atoms with Crippen LogP contribution in [0.15, 0.2) is 23.6 Å². The summed E-state index contributed by atoms with van der Waals surface area (Å²) in [5.41, 5.74) is 8.16. The lowest BCUT2D eigenvalue weighted by molar-refractivity contribution is 0.397. The molecule has 3 heterocycles. The molecule has 0 aliphatic carbocycles. The van der Waals surface area contributed by atoms with Gasteiger partial charge in [-0.1, -0.05) is 0 Å². The first kappa shape index (κ1) is 12.3. The molecule has 2 N–H and O–H groups in total. The SMILES string of the molecule is COc1ccc(N)c(N2CCc3sccc3C2C)n1. The highest BCUT2D eigenvalue weighted by atomic mass is 32.1. The normalized spacial score (nSPS) is 18.2. The van der Waals surface area contributed by atoms with E-state index in [4.69, 9.17) is 10.5 Å². The third-order valence-electron chi connectivity index (χ3n) is 3.64. The van der Waals surface area contributed by atoms with Crippen LogP contribution in [0.3, 0.4) is 0 Å². The highest BCUT2D eigenvalue weighted by Gasteiger charge is 2.27. The molecule has 1 unspecified atom stereocenters. The first-order valence-corrected chi connectivity index (χ1v) is 7.22. The predicted octanol–water partition coefficient (Wildman–Crippen LogP) is 2.86. The maximum Gasteiger partial charge on any atom is 0.215 e. The molecule has 2 aromatic heterocycles. The minimum absolute atomic E-state index is 0.303. The number of ether oxygens (including phenoxy) is 1. The minimum atomic E-state index is 0.303. The van der Waals surface area contributed by atoms with Crippen LogP contribution in [0, 0.1) is 0 Å². The Labute approximate surface area is 116 Å². The van der Waals surface area contributed by atoms with Crippen LogP contribution in [0.25, 0.3) is 0 Å². The van der Waals surface area contributed by atoms with Gasteiger partial charge in [0.15, 0.2) is 5.82 Å². The van der Waals surface area contributed by atoms with Crippen molar-refractivity contribution < 1.29 is 4.74 Å². The van der Waals surface area contributed by atoms with Crippen LogP contribution in [0.2, 0.25) is 0 Å². The Balaban J connectivity index is 1.99. The molecule has 1 aliphatic heterocycles. The Morgan fingerprint density at radius 2 is 2.26 bits per heavy atom. The summed E-state index contributed by atoms with van der Waals surface area (Å²) in [7, 11) is 1.62. The second kappa shape index (κ2) is 4.74. The maximum atomic E-state index is 6.08. The number of fused-ring (bicyclic) bond motifs is 1. The van der Waals surface area contributed by atoms with Gasteiger partial charge in [-0.3, -0.25) is 0 Å². The molecule has 0 saturated heterocycles. The van der Waals surface area contributed by atoms with Crippen LogP contribution < -0.4 is 15.4 Å². The number of hydrogen-bond donors (Lipinski definition) is 1. The lowest BCUT2D eigenvalue weighted by Crippen LogP contribution is -2.34. The van der Waals surface area contributed by atoms with Crippen molar-refractivity contribution in [2.45, 2.75) is 19.4 Å². The van der Waals surface area contributed by atoms with Crippen LogP contribution >= 0.6 is 11.3 Å². The fourth-order valence-electron chi connectivity index (χ4n) is 2.58. The van der Waals surface area contributed by atoms with E-state index in [-0.39, 0.29) is 0 Å². The molecule has 1 aliphatic rings. The second-order valence-electron chi connectivity index (χ2n) is 4.68. The van der Waals surface area contributed by atoms with E-state index in [1.54, 1.807) is 13.2 Å². The van der Waals surface area contributed by atoms with Crippen molar-refractivity contribution in [2.24, 2.45) is 0 Å². The number of hydrogen-bond acceptors (Lipinski definition) is 5. The van der Waals surface area contributed by atoms with Gasteiger partial charge >= 0.3 is 0 Å². The first-order valence-electron chi connectivity index (χ1n) is 6.34. The third kappa shape index (κ3) is 2.04. The molecule has 0 amide bonds. The highest BCUT2D eigenvalue weighted by Crippen LogP contribution is 2.37. The molecular weight excluding hydrogens is 258 g/mol. The van der Waals surface area contributed by atoms with E-state index < -0.39 is 0 Å². The smallest absolute Gasteiger partial charge is 0.215 e. The molecule has 3 rings (SSSR count). The molecule has 0 bridgehead atoms. The summed E-state index contributed by atoms with van der Waals surface area (Å²) >= 11 is 1.84. The van der Waals surface area contributed by atoms with E-state index in [1.807, 2.05) is 17.4 Å². The van der Waals surface area contributed by atoms with Crippen molar-refractivity contribution in [1.82, 2.24) is 4.98 Å². The van der Waals surface area contributed by atoms with Gasteiger partial charge in [-0.15, -0.1) is 11.3 Å². The van der Waals surface area contributed by atoms with Crippen LogP contribution in [-0.2, 0) is 6.42 Å². The molecule has 19 heavy (non-hydrogen) atoms. The van der Waals surface area contributed by atoms with Crippen molar-refractivity contribution in [3.05, 3.63) is 34.0 Å². The standard InChI is InChI=1S/C14H17N3OS/c1-9-10-6-8-19-12(10)5-7-17(9)14-11(15)3-4-13(16-14)18-2/h3-4,6,8-9H,5,7,15H2,1-2H3. The van der Waals surface area contributed by atoms with Crippen molar-refractivity contribution in [3.63, 3.8) is 0 Å². The number of thiophene rings is 1. The summed E-state index contributed by atoms with van der Waals surface area (Å²) in [4.78, 5) is 8.24. The average Bonchev–Trinajstić information content (AvgIpc) is 2.90. The van der Waals surface area contributed by atoms with Gasteiger partial charge in [0, 0.05) is 17.5 Å². The van der Waals surface area contributed by atoms with E-state index in [9.17, 15) is 0 Å². The zero-order valence-corrected chi connectivity index (χ0v) is 11.9. The summed E-state index contributed by atoms with van der Waals surface area (Å²) in [6.07, 6.45) is 1.05. The Morgan fingerprint density at radius 3 is 3.05 bits per heavy atom. The van der Waals surface area contributed by atoms with E-state index in [1.165, 1.54) is 10.4 Å². The van der Waals surface area contributed by atoms with Crippen molar-refractivity contribution >= 4 is 22.8 Å². The average molecular weight is 275 g/mol. The van der Waals surface area contributed by atoms with Crippen molar-refractivity contribution in [1.29, 1.82) is 0 Å². The fourth-order valence-corrected chi connectivity index (χ4v) is 3.55. The predicted molar refractivity (Wildman–Crippen MR) is 79.0 cm³/mol. The van der Waals surface area contributed by atoms with Gasteiger partial charge in [0.1, 0.15) is 0 Å². The molecule has 0 aromatic carbocycles. The van der Waals surface area contributed by atoms with Gasteiger partial charge in [0.25, 0.3) is 0 Å². The molecule has 0 saturated carbocycles. The number of anilines is 2. The minimum Gasteiger partial charge on any atom is -0.481 e. The van der Waals surface area contributed by atoms with Crippen LogP contribution in [-0.4, -0.2) is 18.6 Å². The lowest BCUT2D eigenvalue weighted by atomic mass is 10.0. The monoisotopic (exact) mass is 275 g/mol. The fraction of sp³-hybridized carbons (Fsp3) is 0.357. The molecule has 0 radical (unpaired) electrons. The molecule has 0 fully saturated rings. The largest absolute Gasteiger partial charge is 0.481 e. The Kier molecular flexibility index (Phi) is 3.06. The zero-order chi connectivity index (χ0) is 13.4. The maximum absolute atomic E-state index is 6.08. The molecule has 100 valence electrons. The second-order valence-corrected chi connectivity index (χ2v) is 5.69. The van der Waals surface area contributed by atoms with Gasteiger partial charge in [-0.05, 0) is 36.4 Å². The Hall–Kier alpha value is -1.75. The lowest BCUT2D eigenvalue weighted by Gasteiger charge is -2.35. The number of nitrogen functional groups attached to an aromatic ring is 1. The molecule has 2 aromatic rings. The molecular formula is C14H17N3OS. The number of methoxy groups -OCH3 is 1. The molecule has 0 spiro atoms. The summed E-state index contributed by atoms with van der Waals surface area (Å²) in [6.45, 7) is 3.14. The summed E-state index contributed by atoms with van der Waals surface area (Å²) in [5, 5.41) is 2.16. The van der Waals surface area contributed by atoms with E-state index >= 15 is 0 Å². The van der Waals surface area contributed by atoms with E-state index in [0.29, 0.717) is 17.6 Å². The highest BCUT2D eigenvalue weighted by molar-refractivity contribution is 7.10. The van der Waals surface area contributed by atoms with Gasteiger partial charge in [0.2, 0.25) is 5.88 Å². The Bertz CT molecular complexity index is 596. The van der Waals surface area contributed by atoms with Gasteiger partial charge < -0.3 is 15.4 Å². The van der Waals surface area contributed by atoms with E-state index in [2.05, 4.69) is 28.3 Å². The summed E-state index contributed by atoms with van der Waals surface area (Å²) < 4.78 is 5.20. The van der Waals surface area contributed by atoms with Gasteiger partial charge in [-0.25, -0.2) is 0 Å². The van der Waals surface area contributed by atoms with Crippen LogP contribution in [0.5, 0.6) is 5.88 Å². The van der Waals surface area contributed by atoms with Gasteiger partial charge in [-0.2, -0.15) is 4.98 Å². The summed E-state index contributed by atoms with van der Waals surface area (Å²) in [6, 6.07) is 6.16. The van der Waals surface area contributed by atoms with Crippen molar-refractivity contribution in [3.8, 4) is 5.88 Å². The number of nitrogens with two attached hydrogens (primary N) is 1. The summed E-state index contributed by atoms with van der Waals surface area (Å²) in [5.74, 6) is 1.43. The number of nitrogens with zero attached hydrogens (tertiary/aromatic N) is 2. The Morgan fingerprint density at radius 1 is 1.42 bits per heavy atom. The van der Waals surface area contributed by atoms with Gasteiger partial charge in [0.05, 0.1) is 18.8 Å². The van der Waals surface area contributed by atoms with E-state index in [0.717, 1.165) is 18.8 Å². The third-order valence-corrected chi connectivity index (χ3v) is 4.63. The number of pyridine rings is 1. The molecule has 1 atom stereocenters. The number of rotatable bonds is 2. The van der Waals surface area contributed by atoms with Crippen molar-refractivity contribution in [2.75, 3.05) is 24.3 Å². The number of aromatic nitrogens is 1. The topological polar surface area (TPSA) is 51.4 Å². The quantitative estimate of drug-likeness (QED) is 0.915. The first-order chi connectivity index (χ1) is 9.20. The molecule has 5 heteroatoms. The van der Waals surface area contributed by atoms with Crippen LogP contribution in [0.4, 0.5) is 11.5 Å². The zero-order valence-electron chi connectivity index (χ0n) is 11.1. The molecule has 4 nitrogen and oxygen atoms in total.